The molecule has 2 amide bonds. The lowest BCUT2D eigenvalue weighted by molar-refractivity contribution is 0.235. The maximum atomic E-state index is 13.0. The van der Waals surface area contributed by atoms with Gasteiger partial charge in [0.15, 0.2) is 0 Å². The molecule has 0 spiro atoms. The van der Waals surface area contributed by atoms with Crippen LogP contribution in [0, 0.1) is 17.7 Å². The molecular formula is C20H31FN4O. The minimum absolute atomic E-state index is 0.0618. The summed E-state index contributed by atoms with van der Waals surface area (Å²) in [4.78, 5) is 16.8. The van der Waals surface area contributed by atoms with Crippen molar-refractivity contribution in [1.82, 2.24) is 15.5 Å². The average molecular weight is 362 g/mol. The molecule has 2 fully saturated rings. The quantitative estimate of drug-likeness (QED) is 0.818. The summed E-state index contributed by atoms with van der Waals surface area (Å²) in [6, 6.07) is 7.16. The molecule has 3 rings (SSSR count). The van der Waals surface area contributed by atoms with Crippen LogP contribution in [0.15, 0.2) is 24.3 Å². The molecule has 0 aromatic heterocycles. The van der Waals surface area contributed by atoms with Crippen LogP contribution in [0.5, 0.6) is 0 Å². The van der Waals surface area contributed by atoms with Crippen molar-refractivity contribution in [2.75, 3.05) is 44.2 Å². The molecule has 0 aliphatic carbocycles. The van der Waals surface area contributed by atoms with Gasteiger partial charge in [0.25, 0.3) is 0 Å². The summed E-state index contributed by atoms with van der Waals surface area (Å²) in [5.74, 6) is 0.791. The van der Waals surface area contributed by atoms with Gasteiger partial charge in [-0.25, -0.2) is 9.18 Å². The molecule has 2 atom stereocenters. The van der Waals surface area contributed by atoms with E-state index in [4.69, 9.17) is 0 Å². The first kappa shape index (κ1) is 19.0. The molecule has 0 unspecified atom stereocenters. The highest BCUT2D eigenvalue weighted by Gasteiger charge is 2.25. The molecule has 5 nitrogen and oxygen atoms in total. The van der Waals surface area contributed by atoms with Gasteiger partial charge in [0, 0.05) is 44.5 Å². The van der Waals surface area contributed by atoms with Gasteiger partial charge in [-0.15, -0.1) is 0 Å². The minimum Gasteiger partial charge on any atom is -0.371 e. The predicted octanol–water partition coefficient (Wildman–Crippen LogP) is 2.68. The van der Waals surface area contributed by atoms with E-state index >= 15 is 0 Å². The van der Waals surface area contributed by atoms with Gasteiger partial charge >= 0.3 is 6.03 Å². The third-order valence-electron chi connectivity index (χ3n) is 5.63. The van der Waals surface area contributed by atoms with Crippen molar-refractivity contribution in [1.29, 1.82) is 0 Å². The normalized spacial score (nSPS) is 23.6. The van der Waals surface area contributed by atoms with E-state index in [1.807, 2.05) is 12.1 Å². The first-order valence-electron chi connectivity index (χ1n) is 9.77. The zero-order valence-electron chi connectivity index (χ0n) is 15.9. The van der Waals surface area contributed by atoms with Crippen LogP contribution in [0.1, 0.15) is 26.7 Å². The predicted molar refractivity (Wildman–Crippen MR) is 103 cm³/mol. The van der Waals surface area contributed by atoms with Crippen molar-refractivity contribution in [2.45, 2.75) is 32.7 Å². The Morgan fingerprint density at radius 1 is 1.08 bits per heavy atom. The van der Waals surface area contributed by atoms with E-state index in [0.29, 0.717) is 24.4 Å². The van der Waals surface area contributed by atoms with Crippen molar-refractivity contribution in [3.63, 3.8) is 0 Å². The van der Waals surface area contributed by atoms with Gasteiger partial charge in [-0.3, -0.25) is 0 Å². The topological polar surface area (TPSA) is 47.6 Å². The van der Waals surface area contributed by atoms with Gasteiger partial charge in [0.1, 0.15) is 5.82 Å². The Kier molecular flexibility index (Phi) is 6.35. The molecule has 2 saturated heterocycles. The fourth-order valence-electron chi connectivity index (χ4n) is 3.92. The fourth-order valence-corrected chi connectivity index (χ4v) is 3.92. The Balaban J connectivity index is 1.33. The molecule has 2 heterocycles. The Labute approximate surface area is 155 Å². The van der Waals surface area contributed by atoms with E-state index in [-0.39, 0.29) is 11.8 Å². The van der Waals surface area contributed by atoms with Gasteiger partial charge in [-0.05, 0) is 69.3 Å². The van der Waals surface area contributed by atoms with Crippen LogP contribution >= 0.6 is 0 Å². The third kappa shape index (κ3) is 5.10. The fraction of sp³-hybridized carbons (Fsp3) is 0.650. The summed E-state index contributed by atoms with van der Waals surface area (Å²) >= 11 is 0. The van der Waals surface area contributed by atoms with Gasteiger partial charge in [0.2, 0.25) is 0 Å². The number of amides is 2. The largest absolute Gasteiger partial charge is 0.371 e. The van der Waals surface area contributed by atoms with E-state index in [9.17, 15) is 9.18 Å². The average Bonchev–Trinajstić information content (AvgIpc) is 3.28. The molecule has 2 aliphatic rings. The molecule has 1 aromatic rings. The molecule has 0 radical (unpaired) electrons. The lowest BCUT2D eigenvalue weighted by Crippen LogP contribution is -2.41. The number of nitrogens with one attached hydrogen (secondary N) is 2. The monoisotopic (exact) mass is 362 g/mol. The summed E-state index contributed by atoms with van der Waals surface area (Å²) in [5, 5.41) is 6.04. The lowest BCUT2D eigenvalue weighted by Gasteiger charge is -2.20. The number of anilines is 1. The molecule has 144 valence electrons. The number of carbonyl (C=O) groups is 1. The molecule has 1 aromatic carbocycles. The van der Waals surface area contributed by atoms with E-state index in [2.05, 4.69) is 34.3 Å². The summed E-state index contributed by atoms with van der Waals surface area (Å²) in [5.41, 5.74) is 1.05. The summed E-state index contributed by atoms with van der Waals surface area (Å²) in [6.07, 6.45) is 2.21. The Morgan fingerprint density at radius 3 is 2.31 bits per heavy atom. The zero-order valence-corrected chi connectivity index (χ0v) is 15.9. The second-order valence-electron chi connectivity index (χ2n) is 7.91. The van der Waals surface area contributed by atoms with Crippen molar-refractivity contribution >= 4 is 11.7 Å². The van der Waals surface area contributed by atoms with Crippen molar-refractivity contribution in [2.24, 2.45) is 11.8 Å². The summed E-state index contributed by atoms with van der Waals surface area (Å²) < 4.78 is 13.0. The number of rotatable bonds is 6. The summed E-state index contributed by atoms with van der Waals surface area (Å²) in [6.45, 7) is 9.94. The SMILES string of the molecule is CC(C)N1CC[C@H](CNC(=O)NC[C@@H]2CCN(c3ccc(F)cc3)C2)C1. The third-order valence-corrected chi connectivity index (χ3v) is 5.63. The molecule has 0 saturated carbocycles. The number of likely N-dealkylation sites (tertiary alicyclic amines) is 1. The maximum Gasteiger partial charge on any atom is 0.314 e. The van der Waals surface area contributed by atoms with Crippen LogP contribution in [-0.2, 0) is 0 Å². The van der Waals surface area contributed by atoms with Gasteiger partial charge in [-0.1, -0.05) is 0 Å². The molecule has 0 bridgehead atoms. The van der Waals surface area contributed by atoms with Crippen molar-refractivity contribution in [3.8, 4) is 0 Å². The van der Waals surface area contributed by atoms with Crippen LogP contribution in [-0.4, -0.2) is 56.2 Å². The zero-order chi connectivity index (χ0) is 18.5. The number of benzene rings is 1. The Bertz CT molecular complexity index is 592. The minimum atomic E-state index is -0.207. The van der Waals surface area contributed by atoms with Gasteiger partial charge < -0.3 is 20.4 Å². The number of hydrogen-bond acceptors (Lipinski definition) is 3. The molecule has 2 aliphatic heterocycles. The van der Waals surface area contributed by atoms with E-state index in [1.165, 1.54) is 12.1 Å². The molecule has 2 N–H and O–H groups in total. The first-order chi connectivity index (χ1) is 12.5. The lowest BCUT2D eigenvalue weighted by atomic mass is 10.1. The number of hydrogen-bond donors (Lipinski definition) is 2. The number of halogens is 1. The Morgan fingerprint density at radius 2 is 1.69 bits per heavy atom. The van der Waals surface area contributed by atoms with E-state index in [0.717, 1.165) is 51.3 Å². The molecule has 26 heavy (non-hydrogen) atoms. The number of carbonyl (C=O) groups excluding carboxylic acids is 1. The van der Waals surface area contributed by atoms with Crippen LogP contribution in [0.2, 0.25) is 0 Å². The van der Waals surface area contributed by atoms with Crippen LogP contribution in [0.25, 0.3) is 0 Å². The van der Waals surface area contributed by atoms with Crippen molar-refractivity contribution < 1.29 is 9.18 Å². The highest BCUT2D eigenvalue weighted by Crippen LogP contribution is 2.23. The van der Waals surface area contributed by atoms with Crippen LogP contribution < -0.4 is 15.5 Å². The maximum absolute atomic E-state index is 13.0. The van der Waals surface area contributed by atoms with Crippen molar-refractivity contribution in [3.05, 3.63) is 30.1 Å². The smallest absolute Gasteiger partial charge is 0.314 e. The molecular weight excluding hydrogens is 331 g/mol. The first-order valence-corrected chi connectivity index (χ1v) is 9.77. The number of nitrogens with zero attached hydrogens (tertiary/aromatic N) is 2. The molecule has 6 heteroatoms. The van der Waals surface area contributed by atoms with E-state index in [1.54, 1.807) is 0 Å². The standard InChI is InChI=1S/C20H31FN4O/c1-15(2)24-9-7-16(13-24)11-22-20(26)23-12-17-8-10-25(14-17)19-5-3-18(21)4-6-19/h3-6,15-17H,7-14H2,1-2H3,(H2,22,23,26)/t16-,17+/m1/s1. The number of urea groups is 1. The Hall–Kier alpha value is -1.82. The van der Waals surface area contributed by atoms with Gasteiger partial charge in [0.05, 0.1) is 0 Å². The summed E-state index contributed by atoms with van der Waals surface area (Å²) in [7, 11) is 0. The second-order valence-corrected chi connectivity index (χ2v) is 7.91. The highest BCUT2D eigenvalue weighted by atomic mass is 19.1. The van der Waals surface area contributed by atoms with Crippen LogP contribution in [0.3, 0.4) is 0 Å². The van der Waals surface area contributed by atoms with Gasteiger partial charge in [-0.2, -0.15) is 0 Å². The van der Waals surface area contributed by atoms with E-state index < -0.39 is 0 Å². The van der Waals surface area contributed by atoms with Crippen LogP contribution in [0.4, 0.5) is 14.9 Å². The highest BCUT2D eigenvalue weighted by molar-refractivity contribution is 5.73. The second kappa shape index (κ2) is 8.71.